The molecule has 0 radical (unpaired) electrons. The average Bonchev–Trinajstić information content (AvgIpc) is 2.67. The zero-order chi connectivity index (χ0) is 16.8. The Labute approximate surface area is 141 Å². The molecule has 1 amide bonds. The van der Waals surface area contributed by atoms with Crippen LogP contribution in [0, 0.1) is 0 Å². The predicted octanol–water partition coefficient (Wildman–Crippen LogP) is 3.69. The maximum Gasteiger partial charge on any atom is 0.251 e. The second-order valence-electron chi connectivity index (χ2n) is 5.30. The van der Waals surface area contributed by atoms with Crippen LogP contribution in [0.1, 0.15) is 15.9 Å². The molecule has 0 aliphatic heterocycles. The van der Waals surface area contributed by atoms with Gasteiger partial charge in [0.2, 0.25) is 0 Å². The molecule has 0 atom stereocenters. The van der Waals surface area contributed by atoms with Crippen molar-refractivity contribution in [2.75, 3.05) is 7.05 Å². The minimum atomic E-state index is -0.118. The van der Waals surface area contributed by atoms with Gasteiger partial charge in [-0.3, -0.25) is 9.78 Å². The molecular formula is C20H18N2O2. The Bertz CT molecular complexity index is 818. The van der Waals surface area contributed by atoms with Gasteiger partial charge in [-0.2, -0.15) is 0 Å². The van der Waals surface area contributed by atoms with Gasteiger partial charge in [-0.1, -0.05) is 36.4 Å². The predicted molar refractivity (Wildman–Crippen MR) is 93.8 cm³/mol. The summed E-state index contributed by atoms with van der Waals surface area (Å²) in [5, 5.41) is 2.68. The standard InChI is InChI=1S/C20H18N2O2/c1-21-20(23)18-10-9-17(24-14-15-6-5-11-22-13-15)12-19(18)16-7-3-2-4-8-16/h2-13H,14H2,1H3,(H,21,23). The quantitative estimate of drug-likeness (QED) is 0.780. The van der Waals surface area contributed by atoms with E-state index in [1.54, 1.807) is 25.5 Å². The number of nitrogens with one attached hydrogen (secondary N) is 1. The third-order valence-electron chi connectivity index (χ3n) is 3.68. The molecule has 24 heavy (non-hydrogen) atoms. The molecule has 4 heteroatoms. The first kappa shape index (κ1) is 15.7. The molecule has 0 saturated heterocycles. The summed E-state index contributed by atoms with van der Waals surface area (Å²) >= 11 is 0. The topological polar surface area (TPSA) is 51.2 Å². The van der Waals surface area contributed by atoms with Crippen LogP contribution in [-0.4, -0.2) is 17.9 Å². The van der Waals surface area contributed by atoms with Gasteiger partial charge in [0.1, 0.15) is 12.4 Å². The first-order valence-corrected chi connectivity index (χ1v) is 7.71. The molecule has 0 aliphatic rings. The monoisotopic (exact) mass is 318 g/mol. The lowest BCUT2D eigenvalue weighted by atomic mass is 9.99. The number of nitrogens with zero attached hydrogens (tertiary/aromatic N) is 1. The van der Waals surface area contributed by atoms with Crippen LogP contribution in [0.15, 0.2) is 73.1 Å². The molecule has 0 spiro atoms. The van der Waals surface area contributed by atoms with Crippen molar-refractivity contribution in [3.05, 3.63) is 84.2 Å². The highest BCUT2D eigenvalue weighted by Crippen LogP contribution is 2.28. The maximum atomic E-state index is 12.1. The van der Waals surface area contributed by atoms with Gasteiger partial charge in [0.15, 0.2) is 0 Å². The van der Waals surface area contributed by atoms with Gasteiger partial charge in [-0.25, -0.2) is 0 Å². The molecule has 1 heterocycles. The summed E-state index contributed by atoms with van der Waals surface area (Å²) in [5.41, 5.74) is 3.44. The van der Waals surface area contributed by atoms with Crippen molar-refractivity contribution < 1.29 is 9.53 Å². The summed E-state index contributed by atoms with van der Waals surface area (Å²) in [6.45, 7) is 0.432. The van der Waals surface area contributed by atoms with Gasteiger partial charge in [0, 0.05) is 30.6 Å². The van der Waals surface area contributed by atoms with E-state index in [4.69, 9.17) is 4.74 Å². The molecule has 2 aromatic carbocycles. The van der Waals surface area contributed by atoms with E-state index in [9.17, 15) is 4.79 Å². The zero-order valence-corrected chi connectivity index (χ0v) is 13.4. The van der Waals surface area contributed by atoms with Crippen LogP contribution < -0.4 is 10.1 Å². The number of benzene rings is 2. The SMILES string of the molecule is CNC(=O)c1ccc(OCc2cccnc2)cc1-c1ccccc1. The highest BCUT2D eigenvalue weighted by molar-refractivity contribution is 6.01. The number of aromatic nitrogens is 1. The Morgan fingerprint density at radius 1 is 1.08 bits per heavy atom. The molecule has 0 aliphatic carbocycles. The maximum absolute atomic E-state index is 12.1. The number of carbonyl (C=O) groups is 1. The molecule has 1 N–H and O–H groups in total. The summed E-state index contributed by atoms with van der Waals surface area (Å²) in [5.74, 6) is 0.595. The molecular weight excluding hydrogens is 300 g/mol. The second-order valence-corrected chi connectivity index (χ2v) is 5.30. The van der Waals surface area contributed by atoms with Crippen LogP contribution in [0.4, 0.5) is 0 Å². The molecule has 3 aromatic rings. The number of pyridine rings is 1. The fourth-order valence-corrected chi connectivity index (χ4v) is 2.45. The summed E-state index contributed by atoms with van der Waals surface area (Å²) in [6, 6.07) is 19.2. The molecule has 1 aromatic heterocycles. The second kappa shape index (κ2) is 7.42. The Morgan fingerprint density at radius 2 is 1.92 bits per heavy atom. The molecule has 4 nitrogen and oxygen atoms in total. The van der Waals surface area contributed by atoms with Gasteiger partial charge in [0.25, 0.3) is 5.91 Å². The van der Waals surface area contributed by atoms with Crippen molar-refractivity contribution in [1.29, 1.82) is 0 Å². The summed E-state index contributed by atoms with van der Waals surface area (Å²) in [7, 11) is 1.63. The van der Waals surface area contributed by atoms with Crippen molar-refractivity contribution >= 4 is 5.91 Å². The third kappa shape index (κ3) is 3.60. The fourth-order valence-electron chi connectivity index (χ4n) is 2.45. The van der Waals surface area contributed by atoms with E-state index in [0.717, 1.165) is 16.7 Å². The Morgan fingerprint density at radius 3 is 2.62 bits per heavy atom. The number of ether oxygens (including phenoxy) is 1. The summed E-state index contributed by atoms with van der Waals surface area (Å²) in [4.78, 5) is 16.2. The first-order chi connectivity index (χ1) is 11.8. The van der Waals surface area contributed by atoms with E-state index >= 15 is 0 Å². The first-order valence-electron chi connectivity index (χ1n) is 7.71. The summed E-state index contributed by atoms with van der Waals surface area (Å²) in [6.07, 6.45) is 3.51. The van der Waals surface area contributed by atoms with Crippen molar-refractivity contribution in [2.24, 2.45) is 0 Å². The van der Waals surface area contributed by atoms with E-state index < -0.39 is 0 Å². The van der Waals surface area contributed by atoms with Crippen LogP contribution in [0.25, 0.3) is 11.1 Å². The van der Waals surface area contributed by atoms with E-state index in [1.807, 2.05) is 54.6 Å². The normalized spacial score (nSPS) is 10.2. The Hall–Kier alpha value is -3.14. The van der Waals surface area contributed by atoms with Crippen LogP contribution in [0.3, 0.4) is 0 Å². The van der Waals surface area contributed by atoms with E-state index in [1.165, 1.54) is 0 Å². The van der Waals surface area contributed by atoms with Crippen LogP contribution >= 0.6 is 0 Å². The highest BCUT2D eigenvalue weighted by Gasteiger charge is 2.13. The number of rotatable bonds is 5. The zero-order valence-electron chi connectivity index (χ0n) is 13.4. The van der Waals surface area contributed by atoms with Crippen LogP contribution in [0.2, 0.25) is 0 Å². The van der Waals surface area contributed by atoms with Crippen molar-refractivity contribution in [2.45, 2.75) is 6.61 Å². The van der Waals surface area contributed by atoms with E-state index in [2.05, 4.69) is 10.3 Å². The fraction of sp³-hybridized carbons (Fsp3) is 0.100. The van der Waals surface area contributed by atoms with Gasteiger partial charge >= 0.3 is 0 Å². The average molecular weight is 318 g/mol. The third-order valence-corrected chi connectivity index (χ3v) is 3.68. The lowest BCUT2D eigenvalue weighted by molar-refractivity contribution is 0.0963. The molecule has 0 bridgehead atoms. The number of hydrogen-bond donors (Lipinski definition) is 1. The number of amides is 1. The molecule has 120 valence electrons. The van der Waals surface area contributed by atoms with Gasteiger partial charge in [0.05, 0.1) is 0 Å². The van der Waals surface area contributed by atoms with Crippen molar-refractivity contribution in [3.63, 3.8) is 0 Å². The number of carbonyl (C=O) groups excluding carboxylic acids is 1. The Kier molecular flexibility index (Phi) is 4.87. The minimum absolute atomic E-state index is 0.118. The smallest absolute Gasteiger partial charge is 0.251 e. The van der Waals surface area contributed by atoms with Crippen LogP contribution in [0.5, 0.6) is 5.75 Å². The van der Waals surface area contributed by atoms with Crippen molar-refractivity contribution in [3.8, 4) is 16.9 Å². The van der Waals surface area contributed by atoms with Crippen molar-refractivity contribution in [1.82, 2.24) is 10.3 Å². The van der Waals surface area contributed by atoms with E-state index in [-0.39, 0.29) is 5.91 Å². The lowest BCUT2D eigenvalue weighted by Crippen LogP contribution is -2.18. The molecule has 0 fully saturated rings. The highest BCUT2D eigenvalue weighted by atomic mass is 16.5. The van der Waals surface area contributed by atoms with Gasteiger partial charge < -0.3 is 10.1 Å². The van der Waals surface area contributed by atoms with Gasteiger partial charge in [-0.05, 0) is 35.4 Å². The molecule has 0 unspecified atom stereocenters. The summed E-state index contributed by atoms with van der Waals surface area (Å²) < 4.78 is 5.85. The van der Waals surface area contributed by atoms with Gasteiger partial charge in [-0.15, -0.1) is 0 Å². The van der Waals surface area contributed by atoms with Crippen LogP contribution in [-0.2, 0) is 6.61 Å². The van der Waals surface area contributed by atoms with E-state index in [0.29, 0.717) is 17.9 Å². The lowest BCUT2D eigenvalue weighted by Gasteiger charge is -2.12. The molecule has 3 rings (SSSR count). The minimum Gasteiger partial charge on any atom is -0.489 e. The number of hydrogen-bond acceptors (Lipinski definition) is 3. The molecule has 0 saturated carbocycles. The Balaban J connectivity index is 1.91. The largest absolute Gasteiger partial charge is 0.489 e.